The number of nitrogens with one attached hydrogen (secondary N) is 1. The van der Waals surface area contributed by atoms with E-state index in [1.807, 2.05) is 22.9 Å². The number of nitrogens with zero attached hydrogens (tertiary/aromatic N) is 2. The molecule has 0 atom stereocenters. The van der Waals surface area contributed by atoms with Crippen molar-refractivity contribution < 1.29 is 13.2 Å². The summed E-state index contributed by atoms with van der Waals surface area (Å²) in [6, 6.07) is 9.92. The van der Waals surface area contributed by atoms with Gasteiger partial charge >= 0.3 is 0 Å². The van der Waals surface area contributed by atoms with Crippen LogP contribution >= 0.6 is 23.1 Å². The van der Waals surface area contributed by atoms with Crippen LogP contribution in [-0.4, -0.2) is 42.3 Å². The van der Waals surface area contributed by atoms with Crippen molar-refractivity contribution in [1.82, 2.24) is 14.3 Å². The Morgan fingerprint density at radius 1 is 1.21 bits per heavy atom. The summed E-state index contributed by atoms with van der Waals surface area (Å²) in [5, 5.41) is 0.774. The summed E-state index contributed by atoms with van der Waals surface area (Å²) in [6.45, 7) is 4.48. The molecule has 0 fully saturated rings. The molecule has 9 heteroatoms. The summed E-state index contributed by atoms with van der Waals surface area (Å²) in [4.78, 5) is 18.6. The van der Waals surface area contributed by atoms with Crippen molar-refractivity contribution >= 4 is 38.9 Å². The number of Topliss-reactive ketones (excluding diaryl/α,β-unsaturated/α-hetero) is 1. The number of benzene rings is 1. The number of rotatable bonds is 9. The Bertz CT molecular complexity index is 1120. The van der Waals surface area contributed by atoms with Crippen molar-refractivity contribution in [3.63, 3.8) is 0 Å². The Morgan fingerprint density at radius 2 is 2.00 bits per heavy atom. The van der Waals surface area contributed by atoms with Gasteiger partial charge in [0.15, 0.2) is 10.9 Å². The van der Waals surface area contributed by atoms with Gasteiger partial charge < -0.3 is 0 Å². The van der Waals surface area contributed by atoms with Gasteiger partial charge in [-0.05, 0) is 55.7 Å². The minimum Gasteiger partial charge on any atom is -0.295 e. The number of ketones is 1. The first-order valence-electron chi connectivity index (χ1n) is 9.03. The van der Waals surface area contributed by atoms with E-state index in [9.17, 15) is 13.2 Å². The molecule has 0 saturated heterocycles. The van der Waals surface area contributed by atoms with E-state index in [-0.39, 0.29) is 5.78 Å². The van der Waals surface area contributed by atoms with E-state index in [0.717, 1.165) is 22.0 Å². The number of thiophene rings is 1. The number of sulfonamides is 1. The average molecular weight is 450 g/mol. The predicted octanol–water partition coefficient (Wildman–Crippen LogP) is 3.62. The van der Waals surface area contributed by atoms with Crippen molar-refractivity contribution in [3.8, 4) is 5.69 Å². The van der Waals surface area contributed by atoms with Gasteiger partial charge in [0.1, 0.15) is 0 Å². The van der Waals surface area contributed by atoms with E-state index in [1.165, 1.54) is 34.2 Å². The summed E-state index contributed by atoms with van der Waals surface area (Å²) < 4.78 is 26.7. The van der Waals surface area contributed by atoms with Crippen LogP contribution < -0.4 is 4.72 Å². The molecule has 29 heavy (non-hydrogen) atoms. The number of hydrogen-bond acceptors (Lipinski definition) is 6. The smallest absolute Gasteiger partial charge is 0.208 e. The second-order valence-electron chi connectivity index (χ2n) is 6.74. The maximum Gasteiger partial charge on any atom is 0.208 e. The molecule has 1 aromatic carbocycles. The van der Waals surface area contributed by atoms with Crippen LogP contribution in [0.3, 0.4) is 0 Å². The first kappa shape index (κ1) is 21.8. The van der Waals surface area contributed by atoms with Crippen molar-refractivity contribution in [2.45, 2.75) is 25.4 Å². The number of hydrogen-bond donors (Lipinski definition) is 1. The van der Waals surface area contributed by atoms with E-state index in [1.54, 1.807) is 12.3 Å². The van der Waals surface area contributed by atoms with Crippen molar-refractivity contribution in [3.05, 3.63) is 63.6 Å². The second kappa shape index (κ2) is 9.25. The van der Waals surface area contributed by atoms with Crippen LogP contribution in [-0.2, 0) is 16.4 Å². The normalized spacial score (nSPS) is 11.7. The third kappa shape index (κ3) is 6.02. The molecule has 3 rings (SSSR count). The van der Waals surface area contributed by atoms with Crippen LogP contribution in [0.15, 0.2) is 47.9 Å². The topological polar surface area (TPSA) is 81.1 Å². The third-order valence-corrected chi connectivity index (χ3v) is 7.26. The number of imidazole rings is 1. The molecule has 154 valence electrons. The lowest BCUT2D eigenvalue weighted by Gasteiger charge is -2.09. The lowest BCUT2D eigenvalue weighted by atomic mass is 10.1. The Balaban J connectivity index is 1.60. The maximum atomic E-state index is 12.6. The van der Waals surface area contributed by atoms with E-state index in [4.69, 9.17) is 0 Å². The summed E-state index contributed by atoms with van der Waals surface area (Å²) in [5.74, 6) is 0.334. The highest BCUT2D eigenvalue weighted by Crippen LogP contribution is 2.25. The number of thioether (sulfide) groups is 1. The van der Waals surface area contributed by atoms with Gasteiger partial charge in [0.2, 0.25) is 10.0 Å². The van der Waals surface area contributed by atoms with Gasteiger partial charge in [0.25, 0.3) is 0 Å². The maximum absolute atomic E-state index is 12.6. The quantitative estimate of drug-likeness (QED) is 0.399. The summed E-state index contributed by atoms with van der Waals surface area (Å²) in [7, 11) is -3.19. The Morgan fingerprint density at radius 3 is 2.72 bits per heavy atom. The molecule has 1 N–H and O–H groups in total. The van der Waals surface area contributed by atoms with E-state index in [0.29, 0.717) is 23.6 Å². The molecule has 0 unspecified atom stereocenters. The molecule has 0 radical (unpaired) electrons. The standard InChI is InChI=1S/C20H23N3O3S3/c1-14-4-5-16(12-15(14)2)23-11-10-21-20(23)27-13-18(24)19-7-6-17(28-19)8-9-22-29(3,25)26/h4-7,10-12,22H,8-9,13H2,1-3H3. The van der Waals surface area contributed by atoms with Crippen molar-refractivity contribution in [2.75, 3.05) is 18.6 Å². The van der Waals surface area contributed by atoms with Gasteiger partial charge in [0.05, 0.1) is 16.9 Å². The molecule has 2 aromatic heterocycles. The number of aromatic nitrogens is 2. The van der Waals surface area contributed by atoms with E-state index >= 15 is 0 Å². The van der Waals surface area contributed by atoms with Gasteiger partial charge in [-0.15, -0.1) is 11.3 Å². The van der Waals surface area contributed by atoms with Crippen LogP contribution in [0.5, 0.6) is 0 Å². The first-order chi connectivity index (χ1) is 13.7. The fraction of sp³-hybridized carbons (Fsp3) is 0.300. The van der Waals surface area contributed by atoms with Crippen LogP contribution in [0, 0.1) is 13.8 Å². The summed E-state index contributed by atoms with van der Waals surface area (Å²) in [6.07, 6.45) is 5.33. The Hall–Kier alpha value is -1.94. The van der Waals surface area contributed by atoms with E-state index < -0.39 is 10.0 Å². The largest absolute Gasteiger partial charge is 0.295 e. The van der Waals surface area contributed by atoms with Crippen molar-refractivity contribution in [2.24, 2.45) is 0 Å². The lowest BCUT2D eigenvalue weighted by molar-refractivity contribution is 0.102. The highest BCUT2D eigenvalue weighted by Gasteiger charge is 2.13. The van der Waals surface area contributed by atoms with Gasteiger partial charge in [-0.2, -0.15) is 0 Å². The molecule has 0 aliphatic heterocycles. The predicted molar refractivity (Wildman–Crippen MR) is 119 cm³/mol. The van der Waals surface area contributed by atoms with Gasteiger partial charge in [-0.1, -0.05) is 17.8 Å². The molecule has 0 spiro atoms. The second-order valence-corrected chi connectivity index (χ2v) is 10.7. The molecular weight excluding hydrogens is 426 g/mol. The van der Waals surface area contributed by atoms with Gasteiger partial charge in [0, 0.05) is 29.5 Å². The van der Waals surface area contributed by atoms with Crippen LogP contribution in [0.4, 0.5) is 0 Å². The fourth-order valence-corrected chi connectivity index (χ4v) is 5.06. The lowest BCUT2D eigenvalue weighted by Crippen LogP contribution is -2.23. The minimum absolute atomic E-state index is 0.0389. The molecule has 6 nitrogen and oxygen atoms in total. The molecule has 0 amide bonds. The molecule has 2 heterocycles. The Labute approximate surface area is 179 Å². The highest BCUT2D eigenvalue weighted by atomic mass is 32.2. The highest BCUT2D eigenvalue weighted by molar-refractivity contribution is 7.99. The summed E-state index contributed by atoms with van der Waals surface area (Å²) >= 11 is 2.82. The molecule has 0 aliphatic rings. The SMILES string of the molecule is Cc1ccc(-n2ccnc2SCC(=O)c2ccc(CCNS(C)(=O)=O)s2)cc1C. The average Bonchev–Trinajstić information content (AvgIpc) is 3.30. The zero-order chi connectivity index (χ0) is 21.0. The molecule has 3 aromatic rings. The number of aryl methyl sites for hydroxylation is 2. The van der Waals surface area contributed by atoms with Crippen LogP contribution in [0.25, 0.3) is 5.69 Å². The molecular formula is C20H23N3O3S3. The number of carbonyl (C=O) groups is 1. The fourth-order valence-electron chi connectivity index (χ4n) is 2.69. The minimum atomic E-state index is -3.19. The van der Waals surface area contributed by atoms with E-state index in [2.05, 4.69) is 35.7 Å². The molecule has 0 bridgehead atoms. The molecule has 0 saturated carbocycles. The van der Waals surface area contributed by atoms with Gasteiger partial charge in [-0.3, -0.25) is 9.36 Å². The zero-order valence-corrected chi connectivity index (χ0v) is 19.0. The number of carbonyl (C=O) groups excluding carboxylic acids is 1. The van der Waals surface area contributed by atoms with Gasteiger partial charge in [-0.25, -0.2) is 18.1 Å². The Kier molecular flexibility index (Phi) is 6.94. The molecule has 0 aliphatic carbocycles. The summed E-state index contributed by atoms with van der Waals surface area (Å²) in [5.41, 5.74) is 3.47. The first-order valence-corrected chi connectivity index (χ1v) is 12.7. The third-order valence-electron chi connectivity index (χ3n) is 4.38. The van der Waals surface area contributed by atoms with Crippen LogP contribution in [0.2, 0.25) is 0 Å². The monoisotopic (exact) mass is 449 g/mol. The zero-order valence-electron chi connectivity index (χ0n) is 16.5. The van der Waals surface area contributed by atoms with Crippen LogP contribution in [0.1, 0.15) is 25.7 Å². The van der Waals surface area contributed by atoms with Crippen molar-refractivity contribution in [1.29, 1.82) is 0 Å².